The molecule has 1 saturated heterocycles. The Labute approximate surface area is 94.7 Å². The lowest BCUT2D eigenvalue weighted by molar-refractivity contribution is -0.0671. The third-order valence-electron chi connectivity index (χ3n) is 3.97. The molecule has 1 fully saturated rings. The first-order chi connectivity index (χ1) is 6.97. The zero-order valence-corrected chi connectivity index (χ0v) is 10.8. The van der Waals surface area contributed by atoms with E-state index in [0.29, 0.717) is 5.41 Å². The molecule has 1 aliphatic heterocycles. The zero-order chi connectivity index (χ0) is 11.5. The fourth-order valence-corrected chi connectivity index (χ4v) is 2.81. The molecule has 0 aromatic heterocycles. The molecule has 0 aliphatic carbocycles. The highest BCUT2D eigenvalue weighted by atomic mass is 16.3. The van der Waals surface area contributed by atoms with E-state index in [1.807, 2.05) is 6.92 Å². The fraction of sp³-hybridized carbons (Fsp3) is 1.00. The van der Waals surface area contributed by atoms with Gasteiger partial charge >= 0.3 is 0 Å². The Bertz CT molecular complexity index is 189. The van der Waals surface area contributed by atoms with E-state index < -0.39 is 5.60 Å². The van der Waals surface area contributed by atoms with Gasteiger partial charge in [-0.2, -0.15) is 0 Å². The third kappa shape index (κ3) is 3.18. The van der Waals surface area contributed by atoms with Crippen LogP contribution in [0.5, 0.6) is 0 Å². The predicted molar refractivity (Wildman–Crippen MR) is 65.0 cm³/mol. The number of rotatable bonds is 6. The van der Waals surface area contributed by atoms with Crippen molar-refractivity contribution < 1.29 is 5.11 Å². The van der Waals surface area contributed by atoms with Crippen molar-refractivity contribution in [1.82, 2.24) is 4.90 Å². The molecule has 1 aliphatic rings. The normalized spacial score (nSPS) is 24.6. The largest absolute Gasteiger partial charge is 0.389 e. The molecule has 1 atom stereocenters. The van der Waals surface area contributed by atoms with Gasteiger partial charge in [-0.1, -0.05) is 27.2 Å². The van der Waals surface area contributed by atoms with Crippen LogP contribution in [0.4, 0.5) is 0 Å². The molecule has 1 N–H and O–H groups in total. The SMILES string of the molecule is CCCC(C)(O)CN1CC(CC)(CC)C1. The lowest BCUT2D eigenvalue weighted by atomic mass is 9.74. The van der Waals surface area contributed by atoms with Crippen LogP contribution in [0.2, 0.25) is 0 Å². The third-order valence-corrected chi connectivity index (χ3v) is 3.97. The summed E-state index contributed by atoms with van der Waals surface area (Å²) in [5.74, 6) is 0. The molecule has 1 unspecified atom stereocenters. The van der Waals surface area contributed by atoms with Crippen LogP contribution >= 0.6 is 0 Å². The van der Waals surface area contributed by atoms with Crippen molar-refractivity contribution >= 4 is 0 Å². The van der Waals surface area contributed by atoms with Gasteiger partial charge in [-0.3, -0.25) is 4.90 Å². The van der Waals surface area contributed by atoms with Gasteiger partial charge in [0.15, 0.2) is 0 Å². The van der Waals surface area contributed by atoms with Crippen LogP contribution in [0, 0.1) is 5.41 Å². The highest BCUT2D eigenvalue weighted by Gasteiger charge is 2.41. The van der Waals surface area contributed by atoms with E-state index >= 15 is 0 Å². The van der Waals surface area contributed by atoms with Crippen molar-refractivity contribution in [3.05, 3.63) is 0 Å². The van der Waals surface area contributed by atoms with Gasteiger partial charge in [-0.05, 0) is 31.6 Å². The van der Waals surface area contributed by atoms with E-state index in [4.69, 9.17) is 0 Å². The van der Waals surface area contributed by atoms with E-state index in [1.54, 1.807) is 0 Å². The summed E-state index contributed by atoms with van der Waals surface area (Å²) in [6.45, 7) is 11.9. The molecular formula is C13H27NO. The fourth-order valence-electron chi connectivity index (χ4n) is 2.81. The monoisotopic (exact) mass is 213 g/mol. The van der Waals surface area contributed by atoms with E-state index in [1.165, 1.54) is 25.9 Å². The molecule has 0 aromatic rings. The Kier molecular flexibility index (Phi) is 4.19. The van der Waals surface area contributed by atoms with Crippen molar-refractivity contribution in [3.63, 3.8) is 0 Å². The second-order valence-corrected chi connectivity index (χ2v) is 5.60. The van der Waals surface area contributed by atoms with Crippen LogP contribution < -0.4 is 0 Å². The van der Waals surface area contributed by atoms with Crippen LogP contribution in [0.15, 0.2) is 0 Å². The minimum absolute atomic E-state index is 0.484. The number of aliphatic hydroxyl groups is 1. The van der Waals surface area contributed by atoms with Crippen LogP contribution in [0.25, 0.3) is 0 Å². The Morgan fingerprint density at radius 3 is 2.13 bits per heavy atom. The van der Waals surface area contributed by atoms with Gasteiger partial charge in [0.05, 0.1) is 5.60 Å². The summed E-state index contributed by atoms with van der Waals surface area (Å²) in [6.07, 6.45) is 4.52. The van der Waals surface area contributed by atoms with Gasteiger partial charge in [0.25, 0.3) is 0 Å². The molecule has 90 valence electrons. The summed E-state index contributed by atoms with van der Waals surface area (Å²) in [4.78, 5) is 2.41. The summed E-state index contributed by atoms with van der Waals surface area (Å²) in [5.41, 5.74) is 0.0741. The van der Waals surface area contributed by atoms with Gasteiger partial charge < -0.3 is 5.11 Å². The number of hydrogen-bond donors (Lipinski definition) is 1. The average Bonchev–Trinajstić information content (AvgIpc) is 2.10. The van der Waals surface area contributed by atoms with Gasteiger partial charge in [-0.15, -0.1) is 0 Å². The first-order valence-electron chi connectivity index (χ1n) is 6.41. The van der Waals surface area contributed by atoms with Gasteiger partial charge in [-0.25, -0.2) is 0 Å². The average molecular weight is 213 g/mol. The maximum absolute atomic E-state index is 10.1. The maximum atomic E-state index is 10.1. The summed E-state index contributed by atoms with van der Waals surface area (Å²) >= 11 is 0. The minimum Gasteiger partial charge on any atom is -0.389 e. The molecule has 0 saturated carbocycles. The maximum Gasteiger partial charge on any atom is 0.0746 e. The highest BCUT2D eigenvalue weighted by Crippen LogP contribution is 2.37. The summed E-state index contributed by atoms with van der Waals surface area (Å²) in [7, 11) is 0. The smallest absolute Gasteiger partial charge is 0.0746 e. The van der Waals surface area contributed by atoms with E-state index in [2.05, 4.69) is 25.7 Å². The standard InChI is InChI=1S/C13H27NO/c1-5-8-12(4,15)9-14-10-13(6-2,7-3)11-14/h15H,5-11H2,1-4H3. The molecule has 0 spiro atoms. The molecule has 1 rings (SSSR count). The summed E-state index contributed by atoms with van der Waals surface area (Å²) < 4.78 is 0. The Morgan fingerprint density at radius 2 is 1.73 bits per heavy atom. The predicted octanol–water partition coefficient (Wildman–Crippen LogP) is 2.66. The zero-order valence-electron chi connectivity index (χ0n) is 10.8. The molecular weight excluding hydrogens is 186 g/mol. The molecule has 0 aromatic carbocycles. The lowest BCUT2D eigenvalue weighted by Gasteiger charge is -2.51. The van der Waals surface area contributed by atoms with Gasteiger partial charge in [0, 0.05) is 19.6 Å². The molecule has 0 amide bonds. The highest BCUT2D eigenvalue weighted by molar-refractivity contribution is 4.95. The Hall–Kier alpha value is -0.0800. The molecule has 0 bridgehead atoms. The number of likely N-dealkylation sites (tertiary alicyclic amines) is 1. The van der Waals surface area contributed by atoms with Crippen LogP contribution in [0.1, 0.15) is 53.4 Å². The molecule has 2 heteroatoms. The van der Waals surface area contributed by atoms with E-state index in [-0.39, 0.29) is 0 Å². The number of nitrogens with zero attached hydrogens (tertiary/aromatic N) is 1. The molecule has 0 radical (unpaired) electrons. The molecule has 1 heterocycles. The van der Waals surface area contributed by atoms with Crippen molar-refractivity contribution in [2.75, 3.05) is 19.6 Å². The van der Waals surface area contributed by atoms with Crippen molar-refractivity contribution in [3.8, 4) is 0 Å². The van der Waals surface area contributed by atoms with Crippen molar-refractivity contribution in [1.29, 1.82) is 0 Å². The van der Waals surface area contributed by atoms with Gasteiger partial charge in [0.1, 0.15) is 0 Å². The topological polar surface area (TPSA) is 23.5 Å². The Morgan fingerprint density at radius 1 is 1.20 bits per heavy atom. The van der Waals surface area contributed by atoms with Crippen molar-refractivity contribution in [2.24, 2.45) is 5.41 Å². The lowest BCUT2D eigenvalue weighted by Crippen LogP contribution is -2.59. The molecule has 15 heavy (non-hydrogen) atoms. The second-order valence-electron chi connectivity index (χ2n) is 5.60. The first kappa shape index (κ1) is 13.0. The van der Waals surface area contributed by atoms with Crippen LogP contribution in [-0.4, -0.2) is 35.2 Å². The summed E-state index contributed by atoms with van der Waals surface area (Å²) in [5, 5.41) is 10.1. The quantitative estimate of drug-likeness (QED) is 0.733. The number of β-amino-alcohol motifs (C(OH)–C–C–N with tert-alkyl or cyclic N) is 1. The second kappa shape index (κ2) is 4.84. The van der Waals surface area contributed by atoms with Crippen LogP contribution in [-0.2, 0) is 0 Å². The van der Waals surface area contributed by atoms with Crippen molar-refractivity contribution in [2.45, 2.75) is 59.0 Å². The van der Waals surface area contributed by atoms with Crippen LogP contribution in [0.3, 0.4) is 0 Å². The first-order valence-corrected chi connectivity index (χ1v) is 6.41. The number of hydrogen-bond acceptors (Lipinski definition) is 2. The van der Waals surface area contributed by atoms with Gasteiger partial charge in [0.2, 0.25) is 0 Å². The van der Waals surface area contributed by atoms with E-state index in [0.717, 1.165) is 19.4 Å². The molecule has 2 nitrogen and oxygen atoms in total. The minimum atomic E-state index is -0.484. The van der Waals surface area contributed by atoms with E-state index in [9.17, 15) is 5.11 Å². The Balaban J connectivity index is 2.33. The summed E-state index contributed by atoms with van der Waals surface area (Å²) in [6, 6.07) is 0.